The van der Waals surface area contributed by atoms with Gasteiger partial charge in [-0.3, -0.25) is 0 Å². The minimum absolute atomic E-state index is 0.302. The van der Waals surface area contributed by atoms with Gasteiger partial charge in [0.25, 0.3) is 0 Å². The largest absolute Gasteiger partial charge is 0.243 e. The number of allylic oxidation sites excluding steroid dienone is 2. The lowest BCUT2D eigenvalue weighted by Crippen LogP contribution is -2.36. The Bertz CT molecular complexity index is 893. The number of benzene rings is 2. The third kappa shape index (κ3) is 3.59. The van der Waals surface area contributed by atoms with Gasteiger partial charge in [0.2, 0.25) is 10.0 Å². The summed E-state index contributed by atoms with van der Waals surface area (Å²) >= 11 is 5.94. The number of sulfonamides is 1. The lowest BCUT2D eigenvalue weighted by Gasteiger charge is -2.28. The summed E-state index contributed by atoms with van der Waals surface area (Å²) in [5.74, 6) is 1.54. The average Bonchev–Trinajstić information content (AvgIpc) is 3.25. The zero-order valence-electron chi connectivity index (χ0n) is 14.5. The van der Waals surface area contributed by atoms with Crippen molar-refractivity contribution < 1.29 is 8.42 Å². The Morgan fingerprint density at radius 3 is 2.31 bits per heavy atom. The molecule has 0 heterocycles. The molecule has 0 amide bonds. The average molecular weight is 388 g/mol. The molecule has 2 aliphatic rings. The number of fused-ring (bicyclic) bond motifs is 2. The van der Waals surface area contributed by atoms with E-state index in [0.29, 0.717) is 40.8 Å². The van der Waals surface area contributed by atoms with E-state index in [1.54, 1.807) is 28.6 Å². The van der Waals surface area contributed by atoms with Gasteiger partial charge < -0.3 is 0 Å². The third-order valence-corrected chi connectivity index (χ3v) is 7.59. The molecule has 0 radical (unpaired) electrons. The molecule has 5 heteroatoms. The standard InChI is InChI=1S/C21H22ClNO2S/c22-20-8-10-21(11-9-20)26(24,25)23(14-16-4-2-1-3-5-16)15-19-13-17-6-7-18(19)12-17/h1-11,17-19H,12-15H2/t17-,18+,19-/m1/s1. The predicted molar refractivity (Wildman–Crippen MR) is 104 cm³/mol. The molecule has 2 aromatic carbocycles. The van der Waals surface area contributed by atoms with Gasteiger partial charge in [0.05, 0.1) is 4.90 Å². The number of halogens is 1. The van der Waals surface area contributed by atoms with Crippen LogP contribution in [0.1, 0.15) is 18.4 Å². The highest BCUT2D eigenvalue weighted by Crippen LogP contribution is 2.44. The van der Waals surface area contributed by atoms with E-state index >= 15 is 0 Å². The minimum atomic E-state index is -3.57. The smallest absolute Gasteiger partial charge is 0.207 e. The van der Waals surface area contributed by atoms with Crippen molar-refractivity contribution in [3.05, 3.63) is 77.3 Å². The Balaban J connectivity index is 1.63. The van der Waals surface area contributed by atoms with E-state index in [9.17, 15) is 8.42 Å². The van der Waals surface area contributed by atoms with E-state index in [4.69, 9.17) is 11.6 Å². The van der Waals surface area contributed by atoms with Crippen molar-refractivity contribution in [2.24, 2.45) is 17.8 Å². The molecule has 1 saturated carbocycles. The highest BCUT2D eigenvalue weighted by molar-refractivity contribution is 7.89. The molecule has 0 unspecified atom stereocenters. The van der Waals surface area contributed by atoms with Crippen molar-refractivity contribution in [1.82, 2.24) is 4.31 Å². The molecule has 0 aromatic heterocycles. The maximum atomic E-state index is 13.3. The fourth-order valence-corrected chi connectivity index (χ4v) is 5.77. The molecular formula is C21H22ClNO2S. The fraction of sp³-hybridized carbons (Fsp3) is 0.333. The van der Waals surface area contributed by atoms with E-state index in [-0.39, 0.29) is 0 Å². The minimum Gasteiger partial charge on any atom is -0.207 e. The number of hydrogen-bond donors (Lipinski definition) is 0. The molecule has 0 aliphatic heterocycles. The first kappa shape index (κ1) is 17.8. The molecule has 26 heavy (non-hydrogen) atoms. The summed E-state index contributed by atoms with van der Waals surface area (Å²) in [5.41, 5.74) is 1.00. The Kier molecular flexibility index (Phi) is 4.91. The normalized spacial score (nSPS) is 24.5. The summed E-state index contributed by atoms with van der Waals surface area (Å²) in [4.78, 5) is 0.302. The van der Waals surface area contributed by atoms with Gasteiger partial charge in [-0.2, -0.15) is 4.31 Å². The first-order valence-electron chi connectivity index (χ1n) is 9.00. The zero-order valence-corrected chi connectivity index (χ0v) is 16.0. The van der Waals surface area contributed by atoms with E-state index < -0.39 is 10.0 Å². The fourth-order valence-electron chi connectivity index (χ4n) is 4.16. The lowest BCUT2D eigenvalue weighted by molar-refractivity contribution is 0.307. The number of nitrogens with zero attached hydrogens (tertiary/aromatic N) is 1. The Morgan fingerprint density at radius 2 is 1.69 bits per heavy atom. The molecular weight excluding hydrogens is 366 g/mol. The molecule has 0 saturated heterocycles. The molecule has 3 nitrogen and oxygen atoms in total. The maximum absolute atomic E-state index is 13.3. The third-order valence-electron chi connectivity index (χ3n) is 5.51. The van der Waals surface area contributed by atoms with Gasteiger partial charge in [0, 0.05) is 18.1 Å². The van der Waals surface area contributed by atoms with E-state index in [1.807, 2.05) is 30.3 Å². The SMILES string of the molecule is O=S(=O)(c1ccc(Cl)cc1)N(Cc1ccccc1)C[C@H]1C[C@@H]2C=C[C@H]1C2. The lowest BCUT2D eigenvalue weighted by atomic mass is 9.93. The van der Waals surface area contributed by atoms with Crippen LogP contribution in [0.15, 0.2) is 71.6 Å². The predicted octanol–water partition coefficient (Wildman–Crippen LogP) is 4.74. The number of rotatable bonds is 6. The molecule has 3 atom stereocenters. The van der Waals surface area contributed by atoms with Gasteiger partial charge in [-0.1, -0.05) is 54.1 Å². The molecule has 0 spiro atoms. The van der Waals surface area contributed by atoms with Crippen molar-refractivity contribution in [1.29, 1.82) is 0 Å². The monoisotopic (exact) mass is 387 g/mol. The van der Waals surface area contributed by atoms with Gasteiger partial charge >= 0.3 is 0 Å². The van der Waals surface area contributed by atoms with Crippen LogP contribution in [0.5, 0.6) is 0 Å². The van der Waals surface area contributed by atoms with Crippen molar-refractivity contribution in [2.45, 2.75) is 24.3 Å². The van der Waals surface area contributed by atoms with Crippen LogP contribution in [0.4, 0.5) is 0 Å². The highest BCUT2D eigenvalue weighted by Gasteiger charge is 2.38. The second kappa shape index (κ2) is 7.18. The quantitative estimate of drug-likeness (QED) is 0.671. The van der Waals surface area contributed by atoms with Crippen LogP contribution in [0, 0.1) is 17.8 Å². The van der Waals surface area contributed by atoms with Gasteiger partial charge in [0.1, 0.15) is 0 Å². The van der Waals surface area contributed by atoms with Gasteiger partial charge in [0.15, 0.2) is 0 Å². The summed E-state index contributed by atoms with van der Waals surface area (Å²) in [5, 5.41) is 0.539. The first-order chi connectivity index (χ1) is 12.5. The van der Waals surface area contributed by atoms with Gasteiger partial charge in [-0.15, -0.1) is 0 Å². The Morgan fingerprint density at radius 1 is 0.962 bits per heavy atom. The van der Waals surface area contributed by atoms with Crippen molar-refractivity contribution in [2.75, 3.05) is 6.54 Å². The molecule has 2 aliphatic carbocycles. The first-order valence-corrected chi connectivity index (χ1v) is 10.8. The second-order valence-corrected chi connectivity index (χ2v) is 9.65. The summed E-state index contributed by atoms with van der Waals surface area (Å²) in [7, 11) is -3.57. The Hall–Kier alpha value is -1.62. The van der Waals surface area contributed by atoms with Crippen LogP contribution >= 0.6 is 11.6 Å². The summed E-state index contributed by atoms with van der Waals surface area (Å²) in [6.07, 6.45) is 6.82. The van der Waals surface area contributed by atoms with E-state index in [2.05, 4.69) is 12.2 Å². The van der Waals surface area contributed by atoms with Crippen LogP contribution in [-0.4, -0.2) is 19.3 Å². The molecule has 0 N–H and O–H groups in total. The Labute approximate surface area is 160 Å². The maximum Gasteiger partial charge on any atom is 0.243 e. The zero-order chi connectivity index (χ0) is 18.1. The molecule has 2 aromatic rings. The van der Waals surface area contributed by atoms with Crippen LogP contribution in [0.3, 0.4) is 0 Å². The van der Waals surface area contributed by atoms with Crippen molar-refractivity contribution >= 4 is 21.6 Å². The van der Waals surface area contributed by atoms with E-state index in [0.717, 1.165) is 12.0 Å². The van der Waals surface area contributed by atoms with Crippen LogP contribution in [0.2, 0.25) is 5.02 Å². The highest BCUT2D eigenvalue weighted by atomic mass is 35.5. The number of hydrogen-bond acceptors (Lipinski definition) is 2. The summed E-state index contributed by atoms with van der Waals surface area (Å²) in [6, 6.07) is 16.3. The van der Waals surface area contributed by atoms with Gasteiger partial charge in [-0.25, -0.2) is 8.42 Å². The summed E-state index contributed by atoms with van der Waals surface area (Å²) in [6.45, 7) is 0.953. The van der Waals surface area contributed by atoms with E-state index in [1.165, 1.54) is 6.42 Å². The second-order valence-electron chi connectivity index (χ2n) is 7.28. The summed E-state index contributed by atoms with van der Waals surface area (Å²) < 4.78 is 28.3. The molecule has 4 rings (SSSR count). The van der Waals surface area contributed by atoms with Crippen LogP contribution < -0.4 is 0 Å². The van der Waals surface area contributed by atoms with Crippen molar-refractivity contribution in [3.8, 4) is 0 Å². The van der Waals surface area contributed by atoms with Crippen LogP contribution in [-0.2, 0) is 16.6 Å². The topological polar surface area (TPSA) is 37.4 Å². The van der Waals surface area contributed by atoms with Crippen molar-refractivity contribution in [3.63, 3.8) is 0 Å². The van der Waals surface area contributed by atoms with Crippen LogP contribution in [0.25, 0.3) is 0 Å². The molecule has 1 fully saturated rings. The molecule has 2 bridgehead atoms. The molecule has 136 valence electrons. The van der Waals surface area contributed by atoms with Gasteiger partial charge in [-0.05, 0) is 60.4 Å².